The van der Waals surface area contributed by atoms with Crippen LogP contribution in [0.5, 0.6) is 0 Å². The second-order valence-electron chi connectivity index (χ2n) is 3.84. The van der Waals surface area contributed by atoms with E-state index in [2.05, 4.69) is 21.2 Å². The van der Waals surface area contributed by atoms with Gasteiger partial charge >= 0.3 is 0 Å². The van der Waals surface area contributed by atoms with Gasteiger partial charge in [-0.15, -0.1) is 0 Å². The number of primary amides is 1. The smallest absolute Gasteiger partial charge is 0.247 e. The first-order valence-corrected chi connectivity index (χ1v) is 6.30. The Bertz CT molecular complexity index is 367. The van der Waals surface area contributed by atoms with E-state index in [0.29, 0.717) is 0 Å². The number of amides is 1. The van der Waals surface area contributed by atoms with Gasteiger partial charge in [-0.1, -0.05) is 35.0 Å². The van der Waals surface area contributed by atoms with Gasteiger partial charge in [-0.3, -0.25) is 4.79 Å². The Morgan fingerprint density at radius 1 is 1.47 bits per heavy atom. The van der Waals surface area contributed by atoms with Crippen molar-refractivity contribution < 1.29 is 9.90 Å². The van der Waals surface area contributed by atoms with Crippen LogP contribution in [-0.4, -0.2) is 23.7 Å². The largest absolute Gasteiger partial charge is 0.382 e. The summed E-state index contributed by atoms with van der Waals surface area (Å²) in [5, 5.41) is 12.4. The molecule has 94 valence electrons. The average molecular weight is 301 g/mol. The van der Waals surface area contributed by atoms with E-state index in [1.54, 1.807) is 0 Å². The number of hydrogen-bond acceptors (Lipinski definition) is 3. The van der Waals surface area contributed by atoms with Crippen molar-refractivity contribution in [2.45, 2.75) is 25.5 Å². The Hall–Kier alpha value is -0.910. The van der Waals surface area contributed by atoms with Gasteiger partial charge in [0.2, 0.25) is 5.91 Å². The molecule has 0 heterocycles. The first-order valence-electron chi connectivity index (χ1n) is 5.50. The minimum absolute atomic E-state index is 0.108. The maximum Gasteiger partial charge on any atom is 0.247 e. The third-order valence-corrected chi connectivity index (χ3v) is 3.10. The van der Waals surface area contributed by atoms with Gasteiger partial charge in [0.25, 0.3) is 0 Å². The molecule has 0 aliphatic carbocycles. The van der Waals surface area contributed by atoms with Crippen LogP contribution in [0, 0.1) is 0 Å². The molecular weight excluding hydrogens is 284 g/mol. The van der Waals surface area contributed by atoms with Crippen LogP contribution in [0.25, 0.3) is 0 Å². The molecule has 2 atom stereocenters. The van der Waals surface area contributed by atoms with Crippen LogP contribution in [0.1, 0.15) is 24.9 Å². The molecule has 0 aliphatic heterocycles. The standard InChI is InChI=1S/C12H17BrN2O2/c1-2-10(15-7-11(16)12(14)17)8-3-5-9(13)6-4-8/h3-6,10-11,15-16H,2,7H2,1H3,(H2,14,17). The van der Waals surface area contributed by atoms with E-state index in [1.807, 2.05) is 31.2 Å². The third-order valence-electron chi connectivity index (χ3n) is 2.57. The second-order valence-corrected chi connectivity index (χ2v) is 4.75. The number of carbonyl (C=O) groups excluding carboxylic acids is 1. The van der Waals surface area contributed by atoms with Crippen molar-refractivity contribution in [3.05, 3.63) is 34.3 Å². The fourth-order valence-electron chi connectivity index (χ4n) is 1.55. The first kappa shape index (κ1) is 14.2. The summed E-state index contributed by atoms with van der Waals surface area (Å²) >= 11 is 3.38. The van der Waals surface area contributed by atoms with E-state index in [1.165, 1.54) is 0 Å². The molecule has 17 heavy (non-hydrogen) atoms. The van der Waals surface area contributed by atoms with Crippen molar-refractivity contribution in [1.29, 1.82) is 0 Å². The molecule has 0 bridgehead atoms. The van der Waals surface area contributed by atoms with E-state index in [9.17, 15) is 9.90 Å². The molecule has 1 rings (SSSR count). The number of benzene rings is 1. The molecule has 0 radical (unpaired) electrons. The lowest BCUT2D eigenvalue weighted by molar-refractivity contribution is -0.125. The number of nitrogens with one attached hydrogen (secondary N) is 1. The fourth-order valence-corrected chi connectivity index (χ4v) is 1.81. The lowest BCUT2D eigenvalue weighted by Gasteiger charge is -2.18. The maximum atomic E-state index is 10.7. The number of nitrogens with two attached hydrogens (primary N) is 1. The molecule has 0 fully saturated rings. The molecule has 5 heteroatoms. The van der Waals surface area contributed by atoms with Gasteiger partial charge < -0.3 is 16.2 Å². The van der Waals surface area contributed by atoms with Crippen LogP contribution in [-0.2, 0) is 4.79 Å². The molecule has 1 aromatic carbocycles. The fraction of sp³-hybridized carbons (Fsp3) is 0.417. The van der Waals surface area contributed by atoms with Gasteiger partial charge in [0.15, 0.2) is 0 Å². The molecule has 1 amide bonds. The summed E-state index contributed by atoms with van der Waals surface area (Å²) in [6.07, 6.45) is -0.271. The van der Waals surface area contributed by atoms with Crippen LogP contribution in [0.15, 0.2) is 28.7 Å². The molecule has 4 nitrogen and oxygen atoms in total. The number of aliphatic hydroxyl groups excluding tert-OH is 1. The summed E-state index contributed by atoms with van der Waals surface area (Å²) in [4.78, 5) is 10.7. The summed E-state index contributed by atoms with van der Waals surface area (Å²) in [5.74, 6) is -0.705. The van der Waals surface area contributed by atoms with Crippen LogP contribution in [0.2, 0.25) is 0 Å². The van der Waals surface area contributed by atoms with Crippen molar-refractivity contribution in [1.82, 2.24) is 5.32 Å². The zero-order valence-corrected chi connectivity index (χ0v) is 11.3. The summed E-state index contributed by atoms with van der Waals surface area (Å²) < 4.78 is 1.02. The predicted octanol–water partition coefficient (Wildman–Crippen LogP) is 1.34. The van der Waals surface area contributed by atoms with Crippen LogP contribution in [0.4, 0.5) is 0 Å². The van der Waals surface area contributed by atoms with Gasteiger partial charge in [-0.2, -0.15) is 0 Å². The molecule has 0 saturated heterocycles. The molecule has 4 N–H and O–H groups in total. The summed E-state index contributed by atoms with van der Waals surface area (Å²) in [6, 6.07) is 8.04. The highest BCUT2D eigenvalue weighted by Crippen LogP contribution is 2.19. The number of carbonyl (C=O) groups is 1. The van der Waals surface area contributed by atoms with Gasteiger partial charge in [0.1, 0.15) is 6.10 Å². The Balaban J connectivity index is 2.60. The summed E-state index contributed by atoms with van der Waals surface area (Å²) in [5.41, 5.74) is 6.10. The normalized spacial score (nSPS) is 14.3. The molecule has 1 aromatic rings. The summed E-state index contributed by atoms with van der Waals surface area (Å²) in [7, 11) is 0. The summed E-state index contributed by atoms with van der Waals surface area (Å²) in [6.45, 7) is 2.21. The SMILES string of the molecule is CCC(NCC(O)C(N)=O)c1ccc(Br)cc1. The maximum absolute atomic E-state index is 10.7. The highest BCUT2D eigenvalue weighted by Gasteiger charge is 2.14. The number of rotatable bonds is 6. The first-order chi connectivity index (χ1) is 8.04. The predicted molar refractivity (Wildman–Crippen MR) is 70.4 cm³/mol. The van der Waals surface area contributed by atoms with Gasteiger partial charge in [-0.25, -0.2) is 0 Å². The number of aliphatic hydroxyl groups is 1. The highest BCUT2D eigenvalue weighted by atomic mass is 79.9. The average Bonchev–Trinajstić information content (AvgIpc) is 2.31. The van der Waals surface area contributed by atoms with Crippen LogP contribution < -0.4 is 11.1 Å². The van der Waals surface area contributed by atoms with Crippen molar-refractivity contribution in [3.8, 4) is 0 Å². The van der Waals surface area contributed by atoms with E-state index in [-0.39, 0.29) is 12.6 Å². The lowest BCUT2D eigenvalue weighted by Crippen LogP contribution is -2.38. The molecule has 0 aliphatic rings. The minimum Gasteiger partial charge on any atom is -0.382 e. The van der Waals surface area contributed by atoms with E-state index >= 15 is 0 Å². The minimum atomic E-state index is -1.14. The van der Waals surface area contributed by atoms with Crippen molar-refractivity contribution >= 4 is 21.8 Å². The Labute approximate surface area is 109 Å². The van der Waals surface area contributed by atoms with Gasteiger partial charge in [-0.05, 0) is 24.1 Å². The van der Waals surface area contributed by atoms with Gasteiger partial charge in [0.05, 0.1) is 0 Å². The molecule has 2 unspecified atom stereocenters. The quantitative estimate of drug-likeness (QED) is 0.742. The molecule has 0 aromatic heterocycles. The number of hydrogen-bond donors (Lipinski definition) is 3. The molecular formula is C12H17BrN2O2. The van der Waals surface area contributed by atoms with Crippen LogP contribution >= 0.6 is 15.9 Å². The number of halogens is 1. The zero-order chi connectivity index (χ0) is 12.8. The van der Waals surface area contributed by atoms with Gasteiger partial charge in [0, 0.05) is 17.1 Å². The topological polar surface area (TPSA) is 75.3 Å². The van der Waals surface area contributed by atoms with Crippen molar-refractivity contribution in [3.63, 3.8) is 0 Å². The Morgan fingerprint density at radius 3 is 2.53 bits per heavy atom. The molecule has 0 spiro atoms. The Kier molecular flexibility index (Phi) is 5.61. The highest BCUT2D eigenvalue weighted by molar-refractivity contribution is 9.10. The monoisotopic (exact) mass is 300 g/mol. The third kappa shape index (κ3) is 4.46. The molecule has 0 saturated carbocycles. The Morgan fingerprint density at radius 2 is 2.06 bits per heavy atom. The van der Waals surface area contributed by atoms with Crippen molar-refractivity contribution in [2.24, 2.45) is 5.73 Å². The van der Waals surface area contributed by atoms with Crippen molar-refractivity contribution in [2.75, 3.05) is 6.54 Å². The van der Waals surface area contributed by atoms with E-state index < -0.39 is 12.0 Å². The van der Waals surface area contributed by atoms with Crippen LogP contribution in [0.3, 0.4) is 0 Å². The zero-order valence-electron chi connectivity index (χ0n) is 9.69. The van der Waals surface area contributed by atoms with E-state index in [0.717, 1.165) is 16.5 Å². The van der Waals surface area contributed by atoms with E-state index in [4.69, 9.17) is 5.73 Å². The lowest BCUT2D eigenvalue weighted by atomic mass is 10.0. The second kappa shape index (κ2) is 6.74.